The highest BCUT2D eigenvalue weighted by Crippen LogP contribution is 2.16. The summed E-state index contributed by atoms with van der Waals surface area (Å²) in [6.45, 7) is 4.39. The fourth-order valence-corrected chi connectivity index (χ4v) is 2.15. The maximum atomic E-state index is 5.96. The summed E-state index contributed by atoms with van der Waals surface area (Å²) in [6.07, 6.45) is 1.04. The van der Waals surface area contributed by atoms with E-state index in [9.17, 15) is 0 Å². The Kier molecular flexibility index (Phi) is 3.89. The maximum absolute atomic E-state index is 5.96. The highest BCUT2D eigenvalue weighted by Gasteiger charge is 2.11. The number of imidazole rings is 1. The number of aromatic amines is 1. The molecule has 2 N–H and O–H groups in total. The molecule has 4 heteroatoms. The molecule has 0 aliphatic carbocycles. The molecule has 0 saturated heterocycles. The second-order valence-electron chi connectivity index (χ2n) is 4.73. The van der Waals surface area contributed by atoms with E-state index < -0.39 is 0 Å². The first-order valence-corrected chi connectivity index (χ1v) is 6.49. The normalized spacial score (nSPS) is 13.2. The summed E-state index contributed by atoms with van der Waals surface area (Å²) < 4.78 is 0. The van der Waals surface area contributed by atoms with Crippen LogP contribution in [0.1, 0.15) is 20.3 Å². The quantitative estimate of drug-likeness (QED) is 0.797. The number of para-hydroxylation sites is 2. The van der Waals surface area contributed by atoms with Crippen molar-refractivity contribution < 1.29 is 0 Å². The van der Waals surface area contributed by atoms with E-state index in [1.54, 1.807) is 0 Å². The molecule has 2 rings (SSSR count). The number of hydrogen-bond acceptors (Lipinski definition) is 2. The highest BCUT2D eigenvalue weighted by atomic mass is 35.5. The first-order chi connectivity index (χ1) is 8.19. The number of alkyl halides is 1. The van der Waals surface area contributed by atoms with Crippen molar-refractivity contribution in [2.75, 3.05) is 11.2 Å². The van der Waals surface area contributed by atoms with Crippen LogP contribution in [0.15, 0.2) is 24.3 Å². The zero-order valence-corrected chi connectivity index (χ0v) is 11.0. The number of aromatic nitrogens is 2. The number of nitrogens with zero attached hydrogens (tertiary/aromatic N) is 1. The Morgan fingerprint density at radius 2 is 2.12 bits per heavy atom. The van der Waals surface area contributed by atoms with Crippen LogP contribution in [0.3, 0.4) is 0 Å². The van der Waals surface area contributed by atoms with E-state index in [0.29, 0.717) is 11.8 Å². The minimum Gasteiger partial charge on any atom is -0.352 e. The first-order valence-electron chi connectivity index (χ1n) is 5.96. The molecule has 0 aliphatic rings. The van der Waals surface area contributed by atoms with Crippen LogP contribution in [-0.2, 0) is 0 Å². The molecule has 17 heavy (non-hydrogen) atoms. The summed E-state index contributed by atoms with van der Waals surface area (Å²) in [5, 5.41) is 3.35. The van der Waals surface area contributed by atoms with Gasteiger partial charge in [-0.1, -0.05) is 26.0 Å². The molecule has 1 atom stereocenters. The molecular formula is C13H18ClN3. The minimum absolute atomic E-state index is 0.261. The number of nitrogens with one attached hydrogen (secondary N) is 2. The van der Waals surface area contributed by atoms with Gasteiger partial charge in [-0.2, -0.15) is 0 Å². The summed E-state index contributed by atoms with van der Waals surface area (Å²) >= 11 is 5.96. The number of rotatable bonds is 5. The van der Waals surface area contributed by atoms with Gasteiger partial charge in [0.1, 0.15) is 0 Å². The number of anilines is 1. The summed E-state index contributed by atoms with van der Waals surface area (Å²) in [6, 6.07) is 8.26. The van der Waals surface area contributed by atoms with Gasteiger partial charge < -0.3 is 10.3 Å². The summed E-state index contributed by atoms with van der Waals surface area (Å²) in [5.41, 5.74) is 2.03. The molecule has 2 aromatic rings. The van der Waals surface area contributed by atoms with Crippen LogP contribution in [0.5, 0.6) is 0 Å². The third kappa shape index (κ3) is 3.13. The molecule has 0 fully saturated rings. The topological polar surface area (TPSA) is 40.7 Å². The predicted octanol–water partition coefficient (Wildman–Crippen LogP) is 3.63. The van der Waals surface area contributed by atoms with Gasteiger partial charge in [-0.25, -0.2) is 4.98 Å². The Bertz CT molecular complexity index is 445. The molecule has 0 bridgehead atoms. The molecule has 0 spiro atoms. The zero-order chi connectivity index (χ0) is 12.3. The molecule has 1 unspecified atom stereocenters. The van der Waals surface area contributed by atoms with Gasteiger partial charge in [-0.3, -0.25) is 0 Å². The van der Waals surface area contributed by atoms with E-state index in [4.69, 9.17) is 11.6 Å². The van der Waals surface area contributed by atoms with Gasteiger partial charge >= 0.3 is 0 Å². The summed E-state index contributed by atoms with van der Waals surface area (Å²) in [4.78, 5) is 7.74. The Labute approximate surface area is 107 Å². The van der Waals surface area contributed by atoms with Crippen molar-refractivity contribution in [3.8, 4) is 0 Å². The number of fused-ring (bicyclic) bond motifs is 1. The molecule has 1 aromatic heterocycles. The molecule has 0 radical (unpaired) electrons. The molecule has 3 nitrogen and oxygen atoms in total. The average Bonchev–Trinajstić information content (AvgIpc) is 2.69. The van der Waals surface area contributed by atoms with Crippen LogP contribution in [0.4, 0.5) is 5.95 Å². The third-order valence-electron chi connectivity index (χ3n) is 2.67. The van der Waals surface area contributed by atoms with Crippen LogP contribution in [0, 0.1) is 5.92 Å². The molecular weight excluding hydrogens is 234 g/mol. The van der Waals surface area contributed by atoms with Crippen molar-refractivity contribution in [2.45, 2.75) is 26.3 Å². The SMILES string of the molecule is CC(C)CC(CCl)Nc1nc2ccccc2[nH]1. The van der Waals surface area contributed by atoms with Crippen LogP contribution < -0.4 is 5.32 Å². The Morgan fingerprint density at radius 3 is 2.76 bits per heavy atom. The summed E-state index contributed by atoms with van der Waals surface area (Å²) in [5.74, 6) is 2.02. The minimum atomic E-state index is 0.261. The highest BCUT2D eigenvalue weighted by molar-refractivity contribution is 6.18. The van der Waals surface area contributed by atoms with Gasteiger partial charge in [-0.15, -0.1) is 11.6 Å². The predicted molar refractivity (Wildman–Crippen MR) is 73.7 cm³/mol. The number of halogens is 1. The molecule has 0 amide bonds. The Balaban J connectivity index is 2.11. The van der Waals surface area contributed by atoms with Crippen molar-refractivity contribution in [2.24, 2.45) is 5.92 Å². The van der Waals surface area contributed by atoms with Gasteiger partial charge in [0, 0.05) is 11.9 Å². The van der Waals surface area contributed by atoms with E-state index >= 15 is 0 Å². The van der Waals surface area contributed by atoms with E-state index in [0.717, 1.165) is 23.4 Å². The van der Waals surface area contributed by atoms with Gasteiger partial charge in [0.25, 0.3) is 0 Å². The zero-order valence-electron chi connectivity index (χ0n) is 10.2. The van der Waals surface area contributed by atoms with Crippen molar-refractivity contribution in [3.63, 3.8) is 0 Å². The van der Waals surface area contributed by atoms with Gasteiger partial charge in [0.15, 0.2) is 0 Å². The number of benzene rings is 1. The monoisotopic (exact) mass is 251 g/mol. The Morgan fingerprint density at radius 1 is 1.35 bits per heavy atom. The van der Waals surface area contributed by atoms with Gasteiger partial charge in [0.2, 0.25) is 5.95 Å². The van der Waals surface area contributed by atoms with Crippen LogP contribution in [-0.4, -0.2) is 21.9 Å². The summed E-state index contributed by atoms with van der Waals surface area (Å²) in [7, 11) is 0. The van der Waals surface area contributed by atoms with E-state index in [1.807, 2.05) is 24.3 Å². The van der Waals surface area contributed by atoms with Crippen LogP contribution in [0.25, 0.3) is 11.0 Å². The van der Waals surface area contributed by atoms with Crippen molar-refractivity contribution >= 4 is 28.6 Å². The fraction of sp³-hybridized carbons (Fsp3) is 0.462. The average molecular weight is 252 g/mol. The van der Waals surface area contributed by atoms with E-state index in [-0.39, 0.29) is 6.04 Å². The smallest absolute Gasteiger partial charge is 0.201 e. The number of H-pyrrole nitrogens is 1. The molecule has 1 aromatic carbocycles. The van der Waals surface area contributed by atoms with Gasteiger partial charge in [0.05, 0.1) is 11.0 Å². The van der Waals surface area contributed by atoms with Gasteiger partial charge in [-0.05, 0) is 24.5 Å². The fourth-order valence-electron chi connectivity index (χ4n) is 1.94. The molecule has 0 aliphatic heterocycles. The Hall–Kier alpha value is -1.22. The van der Waals surface area contributed by atoms with Crippen molar-refractivity contribution in [1.29, 1.82) is 0 Å². The third-order valence-corrected chi connectivity index (χ3v) is 3.04. The largest absolute Gasteiger partial charge is 0.352 e. The van der Waals surface area contributed by atoms with E-state index in [2.05, 4.69) is 29.1 Å². The lowest BCUT2D eigenvalue weighted by Gasteiger charge is -2.17. The maximum Gasteiger partial charge on any atom is 0.201 e. The van der Waals surface area contributed by atoms with E-state index in [1.165, 1.54) is 0 Å². The molecule has 1 heterocycles. The van der Waals surface area contributed by atoms with Crippen molar-refractivity contribution in [1.82, 2.24) is 9.97 Å². The lowest BCUT2D eigenvalue weighted by molar-refractivity contribution is 0.541. The second kappa shape index (κ2) is 5.41. The standard InChI is InChI=1S/C13H18ClN3/c1-9(2)7-10(8-14)15-13-16-11-5-3-4-6-12(11)17-13/h3-6,9-10H,7-8H2,1-2H3,(H2,15,16,17). The van der Waals surface area contributed by atoms with Crippen LogP contribution in [0.2, 0.25) is 0 Å². The molecule has 92 valence electrons. The lowest BCUT2D eigenvalue weighted by atomic mass is 10.1. The molecule has 0 saturated carbocycles. The first kappa shape index (κ1) is 12.2. The number of hydrogen-bond donors (Lipinski definition) is 2. The van der Waals surface area contributed by atoms with Crippen molar-refractivity contribution in [3.05, 3.63) is 24.3 Å². The lowest BCUT2D eigenvalue weighted by Crippen LogP contribution is -2.23. The second-order valence-corrected chi connectivity index (χ2v) is 5.04. The van der Waals surface area contributed by atoms with Crippen LogP contribution >= 0.6 is 11.6 Å².